The third kappa shape index (κ3) is 7.21. The number of aryl methyl sites for hydroxylation is 1. The first kappa shape index (κ1) is 27.5. The van der Waals surface area contributed by atoms with Crippen molar-refractivity contribution in [1.29, 1.82) is 0 Å². The highest BCUT2D eigenvalue weighted by atomic mass is 79.9. The molecule has 1 aromatic heterocycles. The number of thiophene rings is 1. The third-order valence-corrected chi connectivity index (χ3v) is 7.31. The molecule has 0 fully saturated rings. The lowest BCUT2D eigenvalue weighted by molar-refractivity contribution is -0.132. The fourth-order valence-corrected chi connectivity index (χ4v) is 5.09. The van der Waals surface area contributed by atoms with Crippen LogP contribution in [0.4, 0.5) is 0 Å². The number of carbonyl (C=O) groups excluding carboxylic acids is 2. The second-order valence-electron chi connectivity index (χ2n) is 8.27. The van der Waals surface area contributed by atoms with E-state index in [0.717, 1.165) is 20.5 Å². The number of benzene rings is 2. The largest absolute Gasteiger partial charge is 0.493 e. The van der Waals surface area contributed by atoms with E-state index in [1.165, 1.54) is 4.90 Å². The zero-order valence-corrected chi connectivity index (χ0v) is 23.2. The number of nitrogens with zero attached hydrogens (tertiary/aromatic N) is 2. The number of amides is 2. The molecule has 0 atom stereocenters. The van der Waals surface area contributed by atoms with Gasteiger partial charge in [0.25, 0.3) is 5.91 Å². The maximum Gasteiger partial charge on any atom is 0.254 e. The van der Waals surface area contributed by atoms with Crippen molar-refractivity contribution in [2.45, 2.75) is 19.9 Å². The van der Waals surface area contributed by atoms with Gasteiger partial charge in [0.05, 0.1) is 20.8 Å². The monoisotopic (exact) mass is 570 g/mol. The van der Waals surface area contributed by atoms with Crippen molar-refractivity contribution in [1.82, 2.24) is 9.80 Å². The molecule has 0 saturated heterocycles. The smallest absolute Gasteiger partial charge is 0.254 e. The van der Waals surface area contributed by atoms with Crippen LogP contribution in [0.25, 0.3) is 0 Å². The first-order chi connectivity index (χ1) is 17.4. The lowest BCUT2D eigenvalue weighted by Crippen LogP contribution is -2.43. The van der Waals surface area contributed by atoms with E-state index in [2.05, 4.69) is 28.6 Å². The second-order valence-corrected chi connectivity index (χ2v) is 10.2. The molecule has 0 aliphatic rings. The molecule has 0 unspecified atom stereocenters. The predicted octanol–water partition coefficient (Wildman–Crippen LogP) is 5.74. The summed E-state index contributed by atoms with van der Waals surface area (Å²) in [4.78, 5) is 31.2. The molecular weight excluding hydrogens is 540 g/mol. The zero-order chi connectivity index (χ0) is 26.1. The van der Waals surface area contributed by atoms with E-state index in [-0.39, 0.29) is 24.9 Å². The lowest BCUT2D eigenvalue weighted by Gasteiger charge is -2.27. The van der Waals surface area contributed by atoms with E-state index in [1.807, 2.05) is 41.5 Å². The van der Waals surface area contributed by atoms with Gasteiger partial charge in [0.1, 0.15) is 6.54 Å². The molecule has 0 bridgehead atoms. The van der Waals surface area contributed by atoms with Gasteiger partial charge in [0.15, 0.2) is 11.5 Å². The first-order valence-electron chi connectivity index (χ1n) is 11.5. The Morgan fingerprint density at radius 3 is 2.47 bits per heavy atom. The fourth-order valence-electron chi connectivity index (χ4n) is 3.77. The summed E-state index contributed by atoms with van der Waals surface area (Å²) in [5.41, 5.74) is 2.70. The summed E-state index contributed by atoms with van der Waals surface area (Å²) in [6.45, 7) is 7.05. The van der Waals surface area contributed by atoms with Gasteiger partial charge in [0, 0.05) is 28.0 Å². The van der Waals surface area contributed by atoms with Crippen LogP contribution in [0.5, 0.6) is 11.5 Å². The number of rotatable bonds is 12. The Morgan fingerprint density at radius 1 is 1.06 bits per heavy atom. The molecule has 3 rings (SSSR count). The number of methoxy groups -OCH3 is 2. The average Bonchev–Trinajstić information content (AvgIpc) is 3.29. The van der Waals surface area contributed by atoms with Crippen LogP contribution in [-0.4, -0.2) is 55.5 Å². The van der Waals surface area contributed by atoms with Gasteiger partial charge in [-0.15, -0.1) is 17.9 Å². The van der Waals surface area contributed by atoms with Crippen LogP contribution < -0.4 is 9.47 Å². The van der Waals surface area contributed by atoms with Crippen molar-refractivity contribution >= 4 is 39.1 Å². The summed E-state index contributed by atoms with van der Waals surface area (Å²) >= 11 is 5.04. The highest BCUT2D eigenvalue weighted by molar-refractivity contribution is 9.10. The molecule has 0 N–H and O–H groups in total. The van der Waals surface area contributed by atoms with Crippen LogP contribution in [0.1, 0.15) is 26.4 Å². The first-order valence-corrected chi connectivity index (χ1v) is 13.2. The summed E-state index contributed by atoms with van der Waals surface area (Å²) in [5, 5.41) is 2.03. The fraction of sp³-hybridized carbons (Fsp3) is 0.286. The normalized spacial score (nSPS) is 10.6. The molecule has 0 saturated carbocycles. The topological polar surface area (TPSA) is 59.1 Å². The van der Waals surface area contributed by atoms with Crippen molar-refractivity contribution in [2.24, 2.45) is 0 Å². The summed E-state index contributed by atoms with van der Waals surface area (Å²) < 4.78 is 11.6. The SMILES string of the molecule is C=CCN(CC(=O)N(CCc1ccc(OC)c(OC)c1)Cc1sccc1C)C(=O)c1cccc(Br)c1. The van der Waals surface area contributed by atoms with Crippen LogP contribution in [0.3, 0.4) is 0 Å². The van der Waals surface area contributed by atoms with Crippen LogP contribution >= 0.6 is 27.3 Å². The number of halogens is 1. The number of hydrogen-bond donors (Lipinski definition) is 0. The van der Waals surface area contributed by atoms with Crippen molar-refractivity contribution in [3.8, 4) is 11.5 Å². The number of hydrogen-bond acceptors (Lipinski definition) is 5. The minimum absolute atomic E-state index is 0.0340. The van der Waals surface area contributed by atoms with Gasteiger partial charge >= 0.3 is 0 Å². The third-order valence-electron chi connectivity index (χ3n) is 5.81. The van der Waals surface area contributed by atoms with E-state index in [9.17, 15) is 9.59 Å². The molecule has 6 nitrogen and oxygen atoms in total. The van der Waals surface area contributed by atoms with E-state index >= 15 is 0 Å². The highest BCUT2D eigenvalue weighted by Gasteiger charge is 2.23. The van der Waals surface area contributed by atoms with Crippen molar-refractivity contribution in [3.05, 3.63) is 92.6 Å². The molecule has 0 aliphatic heterocycles. The van der Waals surface area contributed by atoms with Gasteiger partial charge < -0.3 is 19.3 Å². The van der Waals surface area contributed by atoms with Crippen LogP contribution in [-0.2, 0) is 17.8 Å². The second kappa shape index (κ2) is 13.3. The van der Waals surface area contributed by atoms with E-state index in [0.29, 0.717) is 36.6 Å². The molecule has 2 amide bonds. The molecule has 0 spiro atoms. The molecule has 36 heavy (non-hydrogen) atoms. The van der Waals surface area contributed by atoms with E-state index in [1.54, 1.807) is 49.8 Å². The summed E-state index contributed by atoms with van der Waals surface area (Å²) in [5.74, 6) is 0.985. The molecule has 2 aromatic carbocycles. The maximum absolute atomic E-state index is 13.6. The van der Waals surface area contributed by atoms with Crippen LogP contribution in [0.2, 0.25) is 0 Å². The van der Waals surface area contributed by atoms with Gasteiger partial charge in [-0.3, -0.25) is 9.59 Å². The Labute approximate surface area is 225 Å². The summed E-state index contributed by atoms with van der Waals surface area (Å²) in [6, 6.07) is 15.0. The van der Waals surface area contributed by atoms with Crippen molar-refractivity contribution < 1.29 is 19.1 Å². The molecular formula is C28H31BrN2O4S. The molecule has 1 heterocycles. The van der Waals surface area contributed by atoms with Gasteiger partial charge in [0.2, 0.25) is 5.91 Å². The van der Waals surface area contributed by atoms with Gasteiger partial charge in [-0.25, -0.2) is 0 Å². The van der Waals surface area contributed by atoms with Crippen molar-refractivity contribution in [3.63, 3.8) is 0 Å². The summed E-state index contributed by atoms with van der Waals surface area (Å²) in [6.07, 6.45) is 2.28. The minimum Gasteiger partial charge on any atom is -0.493 e. The predicted molar refractivity (Wildman–Crippen MR) is 148 cm³/mol. The van der Waals surface area contributed by atoms with E-state index in [4.69, 9.17) is 9.47 Å². The quantitative estimate of drug-likeness (QED) is 0.261. The number of carbonyl (C=O) groups is 2. The minimum atomic E-state index is -0.211. The van der Waals surface area contributed by atoms with Crippen molar-refractivity contribution in [2.75, 3.05) is 33.9 Å². The Morgan fingerprint density at radius 2 is 1.83 bits per heavy atom. The molecule has 0 radical (unpaired) electrons. The highest BCUT2D eigenvalue weighted by Crippen LogP contribution is 2.28. The Balaban J connectivity index is 1.79. The van der Waals surface area contributed by atoms with Gasteiger partial charge in [-0.2, -0.15) is 0 Å². The number of ether oxygens (including phenoxy) is 2. The van der Waals surface area contributed by atoms with Gasteiger partial charge in [-0.05, 0) is 66.2 Å². The molecule has 8 heteroatoms. The average molecular weight is 572 g/mol. The molecule has 3 aromatic rings. The zero-order valence-electron chi connectivity index (χ0n) is 20.8. The molecule has 0 aliphatic carbocycles. The summed E-state index contributed by atoms with van der Waals surface area (Å²) in [7, 11) is 3.21. The lowest BCUT2D eigenvalue weighted by atomic mass is 10.1. The maximum atomic E-state index is 13.6. The standard InChI is InChI=1S/C28H31BrN2O4S/c1-5-13-31(28(33)22-7-6-8-23(29)17-22)19-27(32)30(18-26-20(2)12-15-36-26)14-11-21-9-10-24(34-3)25(16-21)35-4/h5-10,12,15-17H,1,11,13-14,18-19H2,2-4H3. The molecule has 190 valence electrons. The van der Waals surface area contributed by atoms with E-state index < -0.39 is 0 Å². The Kier molecular flexibility index (Phi) is 10.1. The Bertz CT molecular complexity index is 1210. The van der Waals surface area contributed by atoms with Crippen LogP contribution in [0.15, 0.2) is 71.0 Å². The van der Waals surface area contributed by atoms with Gasteiger partial charge in [-0.1, -0.05) is 34.1 Å². The van der Waals surface area contributed by atoms with Crippen LogP contribution in [0, 0.1) is 6.92 Å². The Hall–Kier alpha value is -3.10.